The monoisotopic (exact) mass is 425 g/mol. The first-order valence-corrected chi connectivity index (χ1v) is 12.4. The molecule has 0 aliphatic heterocycles. The molecule has 5 heteroatoms. The minimum Gasteiger partial charge on any atom is -0.463 e. The van der Waals surface area contributed by atoms with Crippen molar-refractivity contribution in [2.45, 2.75) is 123 Å². The van der Waals surface area contributed by atoms with Crippen molar-refractivity contribution in [3.05, 3.63) is 17.1 Å². The minimum absolute atomic E-state index is 0.0273. The Hall–Kier alpha value is -1.23. The van der Waals surface area contributed by atoms with Crippen LogP contribution in [0.5, 0.6) is 0 Å². The molecular weight excluding hydrogens is 378 g/mol. The Bertz CT molecular complexity index is 412. The van der Waals surface area contributed by atoms with E-state index in [1.54, 1.807) is 0 Å². The normalized spacial score (nSPS) is 12.3. The second-order valence-corrected chi connectivity index (χ2v) is 8.21. The molecule has 30 heavy (non-hydrogen) atoms. The third-order valence-corrected chi connectivity index (χ3v) is 5.18. The minimum atomic E-state index is -0.597. The average molecular weight is 426 g/mol. The first kappa shape index (κ1) is 28.8. The molecule has 0 saturated carbocycles. The van der Waals surface area contributed by atoms with E-state index in [9.17, 15) is 9.70 Å². The molecule has 5 nitrogen and oxygen atoms in total. The lowest BCUT2D eigenvalue weighted by Gasteiger charge is -2.10. The van der Waals surface area contributed by atoms with Crippen LogP contribution in [0, 0.1) is 4.91 Å². The Labute approximate surface area is 185 Å². The first-order valence-electron chi connectivity index (χ1n) is 12.4. The Morgan fingerprint density at radius 1 is 0.767 bits per heavy atom. The van der Waals surface area contributed by atoms with Crippen LogP contribution < -0.4 is 0 Å². The zero-order valence-electron chi connectivity index (χ0n) is 19.7. The molecular formula is C25H47NO4. The van der Waals surface area contributed by atoms with E-state index in [-0.39, 0.29) is 19.2 Å². The van der Waals surface area contributed by atoms with Crippen molar-refractivity contribution in [1.82, 2.24) is 0 Å². The van der Waals surface area contributed by atoms with Gasteiger partial charge in [-0.1, -0.05) is 89.0 Å². The zero-order valence-corrected chi connectivity index (χ0v) is 19.7. The summed E-state index contributed by atoms with van der Waals surface area (Å²) in [5, 5.41) is 2.98. The van der Waals surface area contributed by atoms with Gasteiger partial charge in [-0.15, -0.1) is 0 Å². The smallest absolute Gasteiger partial charge is 0.305 e. The second-order valence-electron chi connectivity index (χ2n) is 8.21. The lowest BCUT2D eigenvalue weighted by molar-refractivity contribution is -0.144. The summed E-state index contributed by atoms with van der Waals surface area (Å²) in [6.45, 7) is 5.21. The molecule has 0 rings (SSSR count). The molecule has 1 unspecified atom stereocenters. The van der Waals surface area contributed by atoms with E-state index in [1.807, 2.05) is 0 Å². The quantitative estimate of drug-likeness (QED) is 0.0735. The molecule has 0 fully saturated rings. The molecule has 0 amide bonds. The van der Waals surface area contributed by atoms with Crippen molar-refractivity contribution >= 4 is 5.97 Å². The van der Waals surface area contributed by atoms with Crippen molar-refractivity contribution in [2.24, 2.45) is 5.18 Å². The predicted molar refractivity (Wildman–Crippen MR) is 126 cm³/mol. The van der Waals surface area contributed by atoms with Gasteiger partial charge in [-0.2, -0.15) is 4.91 Å². The molecule has 0 aliphatic carbocycles. The van der Waals surface area contributed by atoms with Gasteiger partial charge < -0.3 is 9.47 Å². The second kappa shape index (κ2) is 24.0. The van der Waals surface area contributed by atoms with Crippen LogP contribution >= 0.6 is 0 Å². The Kier molecular flexibility index (Phi) is 23.1. The van der Waals surface area contributed by atoms with Crippen LogP contribution in [-0.4, -0.2) is 31.8 Å². The van der Waals surface area contributed by atoms with Crippen molar-refractivity contribution in [3.8, 4) is 0 Å². The molecule has 0 N–H and O–H groups in total. The molecule has 1 atom stereocenters. The van der Waals surface area contributed by atoms with Crippen LogP contribution in [0.1, 0.15) is 117 Å². The molecule has 0 aliphatic rings. The Morgan fingerprint density at radius 2 is 1.33 bits per heavy atom. The number of esters is 1. The van der Waals surface area contributed by atoms with Crippen LogP contribution in [0.4, 0.5) is 0 Å². The molecule has 0 aromatic rings. The summed E-state index contributed by atoms with van der Waals surface area (Å²) in [5.41, 5.74) is 0. The summed E-state index contributed by atoms with van der Waals surface area (Å²) in [6, 6.07) is -0.597. The Balaban J connectivity index is 3.41. The van der Waals surface area contributed by atoms with Gasteiger partial charge in [0.05, 0.1) is 6.61 Å². The molecule has 0 radical (unpaired) electrons. The van der Waals surface area contributed by atoms with Crippen LogP contribution in [0.15, 0.2) is 17.3 Å². The van der Waals surface area contributed by atoms with Crippen molar-refractivity contribution in [1.29, 1.82) is 0 Å². The van der Waals surface area contributed by atoms with E-state index in [2.05, 4.69) is 31.2 Å². The number of unbranched alkanes of at least 4 members (excludes halogenated alkanes) is 12. The molecule has 0 aromatic carbocycles. The van der Waals surface area contributed by atoms with Crippen molar-refractivity contribution < 1.29 is 14.3 Å². The largest absolute Gasteiger partial charge is 0.463 e. The van der Waals surface area contributed by atoms with Gasteiger partial charge in [0.2, 0.25) is 0 Å². The van der Waals surface area contributed by atoms with E-state index in [4.69, 9.17) is 9.47 Å². The Morgan fingerprint density at radius 3 is 1.93 bits per heavy atom. The van der Waals surface area contributed by atoms with Crippen LogP contribution in [0.25, 0.3) is 0 Å². The number of rotatable bonds is 23. The third-order valence-electron chi connectivity index (χ3n) is 5.18. The van der Waals surface area contributed by atoms with E-state index >= 15 is 0 Å². The maximum absolute atomic E-state index is 11.8. The maximum Gasteiger partial charge on any atom is 0.305 e. The molecule has 0 aromatic heterocycles. The average Bonchev–Trinajstić information content (AvgIpc) is 2.76. The van der Waals surface area contributed by atoms with Gasteiger partial charge in [-0.3, -0.25) is 4.79 Å². The number of nitrogens with zero attached hydrogens (tertiary/aromatic N) is 1. The molecule has 0 spiro atoms. The fourth-order valence-corrected chi connectivity index (χ4v) is 3.18. The SMILES string of the molecule is CCCCCCCC/C=C/CCCCCCCC(=O)OCC(COCCCC)N=O. The van der Waals surface area contributed by atoms with Gasteiger partial charge in [0.15, 0.2) is 0 Å². The van der Waals surface area contributed by atoms with Crippen LogP contribution in [0.3, 0.4) is 0 Å². The van der Waals surface area contributed by atoms with E-state index < -0.39 is 6.04 Å². The number of allylic oxidation sites excluding steroid dienone is 2. The summed E-state index contributed by atoms with van der Waals surface area (Å²) in [4.78, 5) is 22.5. The fourth-order valence-electron chi connectivity index (χ4n) is 3.18. The highest BCUT2D eigenvalue weighted by Gasteiger charge is 2.12. The highest BCUT2D eigenvalue weighted by Crippen LogP contribution is 2.10. The zero-order chi connectivity index (χ0) is 22.1. The fraction of sp³-hybridized carbons (Fsp3) is 0.880. The number of ether oxygens (including phenoxy) is 2. The van der Waals surface area contributed by atoms with Crippen molar-refractivity contribution in [3.63, 3.8) is 0 Å². The van der Waals surface area contributed by atoms with Crippen molar-refractivity contribution in [2.75, 3.05) is 19.8 Å². The van der Waals surface area contributed by atoms with E-state index in [1.165, 1.54) is 57.8 Å². The number of carbonyl (C=O) groups excluding carboxylic acids is 1. The number of hydrogen-bond donors (Lipinski definition) is 0. The first-order chi connectivity index (χ1) is 14.7. The number of nitroso groups, excluding NO2 is 1. The van der Waals surface area contributed by atoms with Gasteiger partial charge in [0, 0.05) is 13.0 Å². The molecule has 0 saturated heterocycles. The lowest BCUT2D eigenvalue weighted by atomic mass is 10.1. The van der Waals surface area contributed by atoms with Gasteiger partial charge in [-0.05, 0) is 38.5 Å². The highest BCUT2D eigenvalue weighted by atomic mass is 16.5. The van der Waals surface area contributed by atoms with E-state index in [0.717, 1.165) is 38.5 Å². The maximum atomic E-state index is 11.8. The summed E-state index contributed by atoms with van der Waals surface area (Å²) < 4.78 is 10.5. The van der Waals surface area contributed by atoms with Crippen LogP contribution in [-0.2, 0) is 14.3 Å². The van der Waals surface area contributed by atoms with Gasteiger partial charge in [0.25, 0.3) is 0 Å². The molecule has 0 heterocycles. The summed E-state index contributed by atoms with van der Waals surface area (Å²) >= 11 is 0. The lowest BCUT2D eigenvalue weighted by Crippen LogP contribution is -2.22. The van der Waals surface area contributed by atoms with Gasteiger partial charge in [0.1, 0.15) is 12.6 Å². The number of carbonyl (C=O) groups is 1. The predicted octanol–water partition coefficient (Wildman–Crippen LogP) is 7.52. The number of hydrogen-bond acceptors (Lipinski definition) is 5. The third kappa shape index (κ3) is 21.5. The van der Waals surface area contributed by atoms with Gasteiger partial charge in [-0.25, -0.2) is 0 Å². The summed E-state index contributed by atoms with van der Waals surface area (Å²) in [7, 11) is 0. The van der Waals surface area contributed by atoms with Gasteiger partial charge >= 0.3 is 5.97 Å². The summed E-state index contributed by atoms with van der Waals surface area (Å²) in [6.07, 6.45) is 23.1. The summed E-state index contributed by atoms with van der Waals surface area (Å²) in [5.74, 6) is -0.241. The molecule has 0 bridgehead atoms. The standard InChI is InChI=1S/C25H47NO4/c1-3-5-7-8-9-10-11-12-13-14-15-16-17-18-19-20-25(27)30-23-24(26-28)22-29-21-6-4-2/h12-13,24H,3-11,14-23H2,1-2H3/b13-12+. The van der Waals surface area contributed by atoms with Crippen LogP contribution in [0.2, 0.25) is 0 Å². The topological polar surface area (TPSA) is 65.0 Å². The van der Waals surface area contributed by atoms with E-state index in [0.29, 0.717) is 13.0 Å². The molecule has 176 valence electrons. The highest BCUT2D eigenvalue weighted by molar-refractivity contribution is 5.69.